The zero-order chi connectivity index (χ0) is 50.7. The van der Waals surface area contributed by atoms with Crippen molar-refractivity contribution in [2.45, 2.75) is 373 Å². The van der Waals surface area contributed by atoms with Gasteiger partial charge in [0.15, 0.2) is 0 Å². The minimum absolute atomic E-state index is 0.0146. The summed E-state index contributed by atoms with van der Waals surface area (Å²) in [6.45, 7) is 4.89. The van der Waals surface area contributed by atoms with Crippen LogP contribution in [0.4, 0.5) is 0 Å². The van der Waals surface area contributed by atoms with Crippen molar-refractivity contribution < 1.29 is 24.5 Å². The molecule has 0 aromatic rings. The molecule has 6 heteroatoms. The summed E-state index contributed by atoms with van der Waals surface area (Å²) < 4.78 is 5.49. The Hall–Kier alpha value is -1.40. The number of nitrogens with one attached hydrogen (secondary N) is 1. The van der Waals surface area contributed by atoms with E-state index in [0.29, 0.717) is 19.4 Å². The number of hydrogen-bond donors (Lipinski definition) is 3. The number of carbonyl (C=O) groups is 2. The van der Waals surface area contributed by atoms with E-state index in [4.69, 9.17) is 4.74 Å². The molecule has 0 bridgehead atoms. The zero-order valence-corrected chi connectivity index (χ0v) is 47.5. The summed E-state index contributed by atoms with van der Waals surface area (Å²) in [4.78, 5) is 24.6. The number of unbranched alkanes of at least 4 members (excludes halogenated alkanes) is 49. The first-order chi connectivity index (χ1) is 34.5. The van der Waals surface area contributed by atoms with Gasteiger partial charge in [0.25, 0.3) is 0 Å². The van der Waals surface area contributed by atoms with Crippen molar-refractivity contribution in [3.63, 3.8) is 0 Å². The van der Waals surface area contributed by atoms with Crippen LogP contribution < -0.4 is 5.32 Å². The molecule has 0 saturated carbocycles. The molecule has 416 valence electrons. The third-order valence-electron chi connectivity index (χ3n) is 15.1. The molecule has 0 spiro atoms. The molecule has 70 heavy (non-hydrogen) atoms. The molecular weight excluding hydrogens is 863 g/mol. The van der Waals surface area contributed by atoms with E-state index in [-0.39, 0.29) is 18.5 Å². The Morgan fingerprint density at radius 1 is 0.386 bits per heavy atom. The maximum absolute atomic E-state index is 12.5. The summed E-state index contributed by atoms with van der Waals surface area (Å²) in [5.41, 5.74) is 0. The van der Waals surface area contributed by atoms with Gasteiger partial charge in [0.2, 0.25) is 5.91 Å². The van der Waals surface area contributed by atoms with E-state index in [1.165, 1.54) is 276 Å². The van der Waals surface area contributed by atoms with Gasteiger partial charge in [-0.3, -0.25) is 9.59 Å². The first-order valence-corrected chi connectivity index (χ1v) is 32.0. The predicted molar refractivity (Wildman–Crippen MR) is 306 cm³/mol. The molecule has 2 atom stereocenters. The fraction of sp³-hybridized carbons (Fsp3) is 0.938. The summed E-state index contributed by atoms with van der Waals surface area (Å²) in [5.74, 6) is -0.100. The van der Waals surface area contributed by atoms with Gasteiger partial charge in [-0.2, -0.15) is 0 Å². The third-order valence-corrected chi connectivity index (χ3v) is 15.1. The van der Waals surface area contributed by atoms with Gasteiger partial charge in [-0.05, 0) is 32.1 Å². The highest BCUT2D eigenvalue weighted by Gasteiger charge is 2.18. The minimum atomic E-state index is -0.859. The molecule has 0 aliphatic carbocycles. The van der Waals surface area contributed by atoms with Crippen molar-refractivity contribution in [2.24, 2.45) is 0 Å². The third kappa shape index (κ3) is 55.9. The van der Waals surface area contributed by atoms with Crippen molar-refractivity contribution in [3.05, 3.63) is 12.2 Å². The second-order valence-corrected chi connectivity index (χ2v) is 22.1. The molecule has 0 fully saturated rings. The van der Waals surface area contributed by atoms with Crippen LogP contribution in [0.2, 0.25) is 0 Å². The van der Waals surface area contributed by atoms with Gasteiger partial charge in [0, 0.05) is 12.8 Å². The Bertz CT molecular complexity index is 1050. The number of aliphatic hydroxyl groups excluding tert-OH is 2. The van der Waals surface area contributed by atoms with E-state index in [1.807, 2.05) is 6.08 Å². The molecular formula is C64H125NO5. The Morgan fingerprint density at radius 3 is 0.971 bits per heavy atom. The number of allylic oxidation sites excluding steroid dienone is 1. The van der Waals surface area contributed by atoms with Crippen molar-refractivity contribution in [1.82, 2.24) is 5.32 Å². The molecule has 0 aliphatic heterocycles. The van der Waals surface area contributed by atoms with Gasteiger partial charge >= 0.3 is 5.97 Å². The number of rotatable bonds is 60. The lowest BCUT2D eigenvalue weighted by Crippen LogP contribution is -2.45. The SMILES string of the molecule is CCCCCCCCCCCCCCCCCCCCCCCC/C=C/C(O)C(CO)NC(=O)CCCCCCCCCCCCOC(=O)CCCCCCCCCCCCCCCCCCCCC. The quantitative estimate of drug-likeness (QED) is 0.0321. The standard InChI is InChI=1S/C64H125NO5/c1-3-5-7-9-11-13-15-17-19-21-23-24-25-26-27-29-30-32-34-36-40-44-48-52-56-62(67)61(60-66)65-63(68)57-53-49-45-41-38-39-43-47-51-55-59-70-64(69)58-54-50-46-42-37-35-33-31-28-22-20-18-16-14-12-10-8-6-4-2/h52,56,61-62,66-67H,3-51,53-55,57-60H2,1-2H3,(H,65,68)/b56-52+. The van der Waals surface area contributed by atoms with Crippen molar-refractivity contribution in [3.8, 4) is 0 Å². The van der Waals surface area contributed by atoms with E-state index in [0.717, 1.165) is 57.8 Å². The zero-order valence-electron chi connectivity index (χ0n) is 47.5. The Morgan fingerprint density at radius 2 is 0.657 bits per heavy atom. The highest BCUT2D eigenvalue weighted by molar-refractivity contribution is 5.76. The second kappa shape index (κ2) is 60.2. The van der Waals surface area contributed by atoms with E-state index >= 15 is 0 Å². The number of ether oxygens (including phenoxy) is 1. The monoisotopic (exact) mass is 988 g/mol. The smallest absolute Gasteiger partial charge is 0.305 e. The van der Waals surface area contributed by atoms with E-state index in [1.54, 1.807) is 6.08 Å². The summed E-state index contributed by atoms with van der Waals surface area (Å²) >= 11 is 0. The van der Waals surface area contributed by atoms with Crippen molar-refractivity contribution >= 4 is 11.9 Å². The molecule has 0 heterocycles. The van der Waals surface area contributed by atoms with Gasteiger partial charge < -0.3 is 20.3 Å². The van der Waals surface area contributed by atoms with Crippen LogP contribution in [0.15, 0.2) is 12.2 Å². The molecule has 3 N–H and O–H groups in total. The molecule has 0 saturated heterocycles. The van der Waals surface area contributed by atoms with Gasteiger partial charge in [0.1, 0.15) is 0 Å². The summed E-state index contributed by atoms with van der Waals surface area (Å²) in [6, 6.07) is -0.645. The molecule has 6 nitrogen and oxygen atoms in total. The average molecular weight is 989 g/mol. The number of esters is 1. The van der Waals surface area contributed by atoms with E-state index < -0.39 is 12.1 Å². The van der Waals surface area contributed by atoms with Crippen molar-refractivity contribution in [2.75, 3.05) is 13.2 Å². The average Bonchev–Trinajstić information content (AvgIpc) is 3.36. The Kier molecular flexibility index (Phi) is 59.0. The number of amides is 1. The normalized spacial score (nSPS) is 12.6. The van der Waals surface area contributed by atoms with Gasteiger partial charge in [-0.15, -0.1) is 0 Å². The molecule has 0 rings (SSSR count). The van der Waals surface area contributed by atoms with Gasteiger partial charge in [0.05, 0.1) is 25.4 Å². The van der Waals surface area contributed by atoms with Crippen LogP contribution in [-0.4, -0.2) is 47.4 Å². The molecule has 0 aromatic carbocycles. The molecule has 0 aliphatic rings. The molecule has 0 radical (unpaired) electrons. The fourth-order valence-corrected chi connectivity index (χ4v) is 10.2. The predicted octanol–water partition coefficient (Wildman–Crippen LogP) is 20.0. The molecule has 2 unspecified atom stereocenters. The molecule has 0 aromatic heterocycles. The van der Waals surface area contributed by atoms with Gasteiger partial charge in [-0.1, -0.05) is 328 Å². The van der Waals surface area contributed by atoms with Crippen molar-refractivity contribution in [1.29, 1.82) is 0 Å². The molecule has 1 amide bonds. The van der Waals surface area contributed by atoms with Crippen LogP contribution in [0.5, 0.6) is 0 Å². The van der Waals surface area contributed by atoms with Crippen LogP contribution >= 0.6 is 0 Å². The number of aliphatic hydroxyl groups is 2. The first kappa shape index (κ1) is 68.6. The highest BCUT2D eigenvalue weighted by Crippen LogP contribution is 2.18. The maximum Gasteiger partial charge on any atom is 0.305 e. The van der Waals surface area contributed by atoms with Crippen LogP contribution in [0, 0.1) is 0 Å². The van der Waals surface area contributed by atoms with Gasteiger partial charge in [-0.25, -0.2) is 0 Å². The lowest BCUT2D eigenvalue weighted by Gasteiger charge is -2.20. The largest absolute Gasteiger partial charge is 0.466 e. The lowest BCUT2D eigenvalue weighted by molar-refractivity contribution is -0.143. The fourth-order valence-electron chi connectivity index (χ4n) is 10.2. The lowest BCUT2D eigenvalue weighted by atomic mass is 10.0. The Labute approximate surface area is 438 Å². The van der Waals surface area contributed by atoms with E-state index in [9.17, 15) is 19.8 Å². The Balaban J connectivity index is 3.46. The summed E-state index contributed by atoms with van der Waals surface area (Å²) in [7, 11) is 0. The first-order valence-electron chi connectivity index (χ1n) is 32.0. The highest BCUT2D eigenvalue weighted by atomic mass is 16.5. The maximum atomic E-state index is 12.5. The van der Waals surface area contributed by atoms with Crippen LogP contribution in [0.3, 0.4) is 0 Å². The van der Waals surface area contributed by atoms with E-state index in [2.05, 4.69) is 19.2 Å². The summed E-state index contributed by atoms with van der Waals surface area (Å²) in [5, 5.41) is 23.2. The second-order valence-electron chi connectivity index (χ2n) is 22.1. The summed E-state index contributed by atoms with van der Waals surface area (Å²) in [6.07, 6.45) is 72.5. The number of hydrogen-bond acceptors (Lipinski definition) is 5. The minimum Gasteiger partial charge on any atom is -0.466 e. The number of carbonyl (C=O) groups excluding carboxylic acids is 2. The topological polar surface area (TPSA) is 95.9 Å². The van der Waals surface area contributed by atoms with Crippen LogP contribution in [0.1, 0.15) is 361 Å². The van der Waals surface area contributed by atoms with Crippen LogP contribution in [-0.2, 0) is 14.3 Å². The van der Waals surface area contributed by atoms with Crippen LogP contribution in [0.25, 0.3) is 0 Å².